The highest BCUT2D eigenvalue weighted by Crippen LogP contribution is 2.65. The van der Waals surface area contributed by atoms with Gasteiger partial charge in [0.25, 0.3) is 0 Å². The van der Waals surface area contributed by atoms with Gasteiger partial charge in [-0.05, 0) is 37.1 Å². The maximum atomic E-state index is 12.1. The van der Waals surface area contributed by atoms with Crippen LogP contribution in [-0.2, 0) is 40.0 Å². The van der Waals surface area contributed by atoms with Gasteiger partial charge in [0, 0.05) is 21.1 Å². The molecule has 1 aromatic carbocycles. The van der Waals surface area contributed by atoms with E-state index >= 15 is 0 Å². The van der Waals surface area contributed by atoms with Crippen LogP contribution in [0.1, 0.15) is 70.6 Å². The Morgan fingerprint density at radius 2 is 1.68 bits per heavy atom. The Hall–Kier alpha value is -1.45. The molecular weight excluding hydrogens is 497 g/mol. The number of rotatable bonds is 14. The first kappa shape index (κ1) is 32.5. The number of unbranched alkanes of at least 4 members (excludes halogenated alkanes) is 1. The van der Waals surface area contributed by atoms with E-state index in [1.807, 2.05) is 44.2 Å². The standard InChI is InChI=1S/C12H17O4PS2.C11H21NO3/c1-4-16-12(13)11(10-8-6-5-7-9-10)19-17(18,14-2)15-3;1-4-6-8-11(7-5-2,10(14)15)12-9(3)13/h5-9,11H,4H2,1-3H3;4-8H2,1-3H3,(H,12,13)(H,14,15). The molecule has 34 heavy (non-hydrogen) atoms. The second-order valence-corrected chi connectivity index (χ2v) is 13.9. The van der Waals surface area contributed by atoms with Crippen LogP contribution in [0.15, 0.2) is 30.3 Å². The zero-order valence-corrected chi connectivity index (χ0v) is 23.4. The number of esters is 1. The molecule has 194 valence electrons. The summed E-state index contributed by atoms with van der Waals surface area (Å²) < 4.78 is 15.5. The highest BCUT2D eigenvalue weighted by Gasteiger charge is 2.37. The first-order valence-corrected chi connectivity index (χ1v) is 15.3. The Morgan fingerprint density at radius 1 is 1.09 bits per heavy atom. The zero-order valence-electron chi connectivity index (χ0n) is 20.9. The average Bonchev–Trinajstić information content (AvgIpc) is 2.81. The third kappa shape index (κ3) is 11.3. The molecule has 0 fully saturated rings. The topological polar surface area (TPSA) is 111 Å². The molecule has 2 N–H and O–H groups in total. The second kappa shape index (κ2) is 17.1. The van der Waals surface area contributed by atoms with E-state index in [-0.39, 0.29) is 11.9 Å². The fraction of sp³-hybridized carbons (Fsp3) is 0.609. The molecule has 8 nitrogen and oxygen atoms in total. The normalized spacial score (nSPS) is 13.6. The minimum Gasteiger partial charge on any atom is -0.480 e. The molecule has 11 heteroatoms. The molecule has 0 radical (unpaired) electrons. The molecule has 0 aliphatic rings. The van der Waals surface area contributed by atoms with Crippen LogP contribution in [0.25, 0.3) is 0 Å². The predicted octanol–water partition coefficient (Wildman–Crippen LogP) is 5.48. The highest BCUT2D eigenvalue weighted by atomic mass is 32.9. The zero-order chi connectivity index (χ0) is 26.2. The van der Waals surface area contributed by atoms with Crippen LogP contribution in [0.3, 0.4) is 0 Å². The van der Waals surface area contributed by atoms with Gasteiger partial charge in [0.1, 0.15) is 10.8 Å². The van der Waals surface area contributed by atoms with Crippen LogP contribution in [-0.4, -0.2) is 49.3 Å². The van der Waals surface area contributed by atoms with E-state index in [2.05, 4.69) is 5.32 Å². The fourth-order valence-corrected chi connectivity index (χ4v) is 6.84. The molecule has 0 saturated carbocycles. The molecule has 0 heterocycles. The Bertz CT molecular complexity index is 802. The number of carbonyl (C=O) groups excluding carboxylic acids is 2. The van der Waals surface area contributed by atoms with Gasteiger partial charge >= 0.3 is 11.9 Å². The predicted molar refractivity (Wildman–Crippen MR) is 140 cm³/mol. The summed E-state index contributed by atoms with van der Waals surface area (Å²) in [6, 6.07) is 9.34. The molecule has 0 aromatic heterocycles. The summed E-state index contributed by atoms with van der Waals surface area (Å²) in [6.07, 6.45) is 3.48. The maximum absolute atomic E-state index is 12.1. The van der Waals surface area contributed by atoms with Crippen molar-refractivity contribution in [3.05, 3.63) is 35.9 Å². The summed E-state index contributed by atoms with van der Waals surface area (Å²) in [5.74, 6) is -1.53. The lowest BCUT2D eigenvalue weighted by Crippen LogP contribution is -2.53. The van der Waals surface area contributed by atoms with Crippen LogP contribution < -0.4 is 5.32 Å². The van der Waals surface area contributed by atoms with Gasteiger partial charge < -0.3 is 24.2 Å². The molecular formula is C23H38NO7PS2. The molecule has 0 bridgehead atoms. The number of nitrogens with one attached hydrogen (secondary N) is 1. The molecule has 1 rings (SSSR count). The second-order valence-electron chi connectivity index (χ2n) is 7.38. The first-order chi connectivity index (χ1) is 16.0. The third-order valence-electron chi connectivity index (χ3n) is 4.74. The van der Waals surface area contributed by atoms with Crippen molar-refractivity contribution < 1.29 is 33.3 Å². The summed E-state index contributed by atoms with van der Waals surface area (Å²) in [4.78, 5) is 34.3. The number of carboxylic acids is 1. The van der Waals surface area contributed by atoms with Gasteiger partial charge in [0.15, 0.2) is 0 Å². The lowest BCUT2D eigenvalue weighted by molar-refractivity contribution is -0.148. The van der Waals surface area contributed by atoms with Gasteiger partial charge in [-0.2, -0.15) is 0 Å². The average molecular weight is 536 g/mol. The highest BCUT2D eigenvalue weighted by molar-refractivity contribution is 8.68. The van der Waals surface area contributed by atoms with Crippen LogP contribution in [0.5, 0.6) is 0 Å². The van der Waals surface area contributed by atoms with Crippen LogP contribution in [0.2, 0.25) is 0 Å². The van der Waals surface area contributed by atoms with Gasteiger partial charge in [-0.1, -0.05) is 74.8 Å². The van der Waals surface area contributed by atoms with Crippen molar-refractivity contribution in [2.45, 2.75) is 70.6 Å². The van der Waals surface area contributed by atoms with E-state index in [0.29, 0.717) is 19.4 Å². The van der Waals surface area contributed by atoms with Crippen molar-refractivity contribution in [3.8, 4) is 0 Å². The van der Waals surface area contributed by atoms with E-state index in [1.165, 1.54) is 32.5 Å². The Labute approximate surface area is 212 Å². The van der Waals surface area contributed by atoms with Crippen molar-refractivity contribution >= 4 is 46.7 Å². The number of hydrogen-bond acceptors (Lipinski definition) is 8. The Morgan fingerprint density at radius 3 is 2.09 bits per heavy atom. The summed E-state index contributed by atoms with van der Waals surface area (Å²) >= 11 is 6.51. The SMILES string of the molecule is CCCCC(CCC)(NC(C)=O)C(=O)O.CCOC(=O)C(SP(=S)(OC)OC)c1ccccc1. The number of ether oxygens (including phenoxy) is 1. The summed E-state index contributed by atoms with van der Waals surface area (Å²) in [7, 11) is 2.98. The Balaban J connectivity index is 0.000000661. The third-order valence-corrected chi connectivity index (χ3v) is 10.5. The lowest BCUT2D eigenvalue weighted by atomic mass is 9.88. The number of carboxylic acid groups (broad SMARTS) is 1. The quantitative estimate of drug-likeness (QED) is 0.236. The first-order valence-electron chi connectivity index (χ1n) is 11.2. The summed E-state index contributed by atoms with van der Waals surface area (Å²) in [5.41, 5.74) is -2.76. The molecule has 1 amide bonds. The Kier molecular flexibility index (Phi) is 16.3. The molecule has 0 aliphatic heterocycles. The van der Waals surface area contributed by atoms with Crippen LogP contribution >= 0.6 is 17.1 Å². The summed E-state index contributed by atoms with van der Waals surface area (Å²) in [6.45, 7) is 7.38. The summed E-state index contributed by atoms with van der Waals surface area (Å²) in [5, 5.41) is 11.3. The van der Waals surface area contributed by atoms with Gasteiger partial charge in [-0.15, -0.1) is 0 Å². The van der Waals surface area contributed by atoms with E-state index in [9.17, 15) is 19.5 Å². The van der Waals surface area contributed by atoms with Gasteiger partial charge in [-0.25, -0.2) is 4.79 Å². The van der Waals surface area contributed by atoms with Crippen molar-refractivity contribution in [3.63, 3.8) is 0 Å². The molecule has 2 atom stereocenters. The van der Waals surface area contributed by atoms with Gasteiger partial charge in [-0.3, -0.25) is 9.59 Å². The molecule has 0 spiro atoms. The van der Waals surface area contributed by atoms with Gasteiger partial charge in [0.05, 0.1) is 6.61 Å². The van der Waals surface area contributed by atoms with E-state index in [1.54, 1.807) is 6.92 Å². The molecule has 1 aromatic rings. The fourth-order valence-electron chi connectivity index (χ4n) is 3.14. The number of benzene rings is 1. The molecule has 0 saturated heterocycles. The van der Waals surface area contributed by atoms with E-state index in [4.69, 9.17) is 25.6 Å². The minimum absolute atomic E-state index is 0.276. The number of aliphatic carboxylic acids is 1. The van der Waals surface area contributed by atoms with E-state index < -0.39 is 22.5 Å². The van der Waals surface area contributed by atoms with E-state index in [0.717, 1.165) is 24.8 Å². The number of hydrogen-bond donors (Lipinski definition) is 2. The molecule has 0 aliphatic carbocycles. The smallest absolute Gasteiger partial charge is 0.329 e. The van der Waals surface area contributed by atoms with Gasteiger partial charge in [0.2, 0.25) is 11.6 Å². The monoisotopic (exact) mass is 535 g/mol. The van der Waals surface area contributed by atoms with Crippen molar-refractivity contribution in [2.24, 2.45) is 0 Å². The van der Waals surface area contributed by atoms with Crippen molar-refractivity contribution in [1.82, 2.24) is 5.32 Å². The number of amides is 1. The van der Waals surface area contributed by atoms with Crippen molar-refractivity contribution in [2.75, 3.05) is 20.8 Å². The largest absolute Gasteiger partial charge is 0.480 e. The van der Waals surface area contributed by atoms with Crippen LogP contribution in [0, 0.1) is 0 Å². The maximum Gasteiger partial charge on any atom is 0.329 e. The van der Waals surface area contributed by atoms with Crippen LogP contribution in [0.4, 0.5) is 0 Å². The van der Waals surface area contributed by atoms with Crippen molar-refractivity contribution in [1.29, 1.82) is 0 Å². The number of carbonyl (C=O) groups is 3. The molecule has 2 unspecified atom stereocenters. The minimum atomic E-state index is -2.53. The lowest BCUT2D eigenvalue weighted by Gasteiger charge is -2.29.